The molecule has 1 aliphatic rings. The van der Waals surface area contributed by atoms with Crippen LogP contribution in [0.3, 0.4) is 0 Å². The van der Waals surface area contributed by atoms with Crippen LogP contribution < -0.4 is 5.73 Å². The Hall–Kier alpha value is -3.08. The number of rotatable bonds is 7. The molecule has 1 unspecified atom stereocenters. The van der Waals surface area contributed by atoms with Crippen molar-refractivity contribution in [1.82, 2.24) is 9.47 Å². The smallest absolute Gasteiger partial charge is 0.227 e. The highest BCUT2D eigenvalue weighted by molar-refractivity contribution is 5.98. The number of amidine groups is 1. The van der Waals surface area contributed by atoms with Gasteiger partial charge in [0.1, 0.15) is 5.84 Å². The molecule has 5 heteroatoms. The maximum atomic E-state index is 12.9. The first-order chi connectivity index (χ1) is 14.6. The van der Waals surface area contributed by atoms with Crippen molar-refractivity contribution in [3.05, 3.63) is 71.4 Å². The maximum absolute atomic E-state index is 12.9. The van der Waals surface area contributed by atoms with E-state index >= 15 is 0 Å². The molecule has 1 atom stereocenters. The van der Waals surface area contributed by atoms with Gasteiger partial charge in [-0.15, -0.1) is 0 Å². The van der Waals surface area contributed by atoms with Gasteiger partial charge in [0.05, 0.1) is 6.42 Å². The third kappa shape index (κ3) is 4.11. The van der Waals surface area contributed by atoms with Crippen molar-refractivity contribution in [2.75, 3.05) is 6.54 Å². The monoisotopic (exact) mass is 402 g/mol. The normalized spacial score (nSPS) is 16.3. The lowest BCUT2D eigenvalue weighted by molar-refractivity contribution is -0.131. The van der Waals surface area contributed by atoms with Crippen LogP contribution in [0.1, 0.15) is 43.0 Å². The third-order valence-electron chi connectivity index (χ3n) is 6.25. The van der Waals surface area contributed by atoms with Crippen molar-refractivity contribution in [1.29, 1.82) is 5.41 Å². The molecule has 0 bridgehead atoms. The Bertz CT molecular complexity index is 1050. The minimum absolute atomic E-state index is 0.0980. The predicted molar refractivity (Wildman–Crippen MR) is 122 cm³/mol. The van der Waals surface area contributed by atoms with Gasteiger partial charge in [0.2, 0.25) is 5.91 Å². The molecule has 0 saturated carbocycles. The average Bonchev–Trinajstić information content (AvgIpc) is 3.36. The lowest BCUT2D eigenvalue weighted by atomic mass is 10.1. The summed E-state index contributed by atoms with van der Waals surface area (Å²) in [6, 6.07) is 18.6. The number of nitrogen functional groups attached to an aromatic ring is 1. The molecule has 1 aromatic heterocycles. The van der Waals surface area contributed by atoms with Gasteiger partial charge in [-0.2, -0.15) is 0 Å². The maximum Gasteiger partial charge on any atom is 0.227 e. The number of fused-ring (bicyclic) bond motifs is 1. The van der Waals surface area contributed by atoms with Crippen LogP contribution in [0.5, 0.6) is 0 Å². The first-order valence-electron chi connectivity index (χ1n) is 10.9. The number of hydrogen-bond acceptors (Lipinski definition) is 2. The molecule has 0 radical (unpaired) electrons. The number of hydrogen-bond donors (Lipinski definition) is 2. The Kier molecular flexibility index (Phi) is 5.88. The van der Waals surface area contributed by atoms with Crippen molar-refractivity contribution < 1.29 is 4.79 Å². The molecule has 1 fully saturated rings. The molecule has 3 aromatic rings. The standard InChI is InChI=1S/C25H30N4O/c1-2-28-22(16-19-10-11-20(25(26)27)17-23(19)28)13-12-21-9-6-14-29(21)24(30)15-18-7-4-3-5-8-18/h3-5,7-8,10-11,16-17,21H,2,6,9,12-15H2,1H3,(H3,26,27). The van der Waals surface area contributed by atoms with Gasteiger partial charge in [-0.05, 0) is 55.7 Å². The van der Waals surface area contributed by atoms with Gasteiger partial charge >= 0.3 is 0 Å². The number of nitrogens with two attached hydrogens (primary N) is 1. The minimum Gasteiger partial charge on any atom is -0.384 e. The Morgan fingerprint density at radius 3 is 2.70 bits per heavy atom. The number of carbonyl (C=O) groups is 1. The van der Waals surface area contributed by atoms with Crippen molar-refractivity contribution in [3.63, 3.8) is 0 Å². The zero-order chi connectivity index (χ0) is 21.1. The fraction of sp³-hybridized carbons (Fsp3) is 0.360. The molecule has 5 nitrogen and oxygen atoms in total. The van der Waals surface area contributed by atoms with Crippen LogP contribution in [-0.2, 0) is 24.2 Å². The van der Waals surface area contributed by atoms with Crippen LogP contribution in [0.2, 0.25) is 0 Å². The summed E-state index contributed by atoms with van der Waals surface area (Å²) >= 11 is 0. The second-order valence-electron chi connectivity index (χ2n) is 8.15. The van der Waals surface area contributed by atoms with Crippen molar-refractivity contribution in [3.8, 4) is 0 Å². The third-order valence-corrected chi connectivity index (χ3v) is 6.25. The zero-order valence-corrected chi connectivity index (χ0v) is 17.6. The lowest BCUT2D eigenvalue weighted by Crippen LogP contribution is -2.36. The van der Waals surface area contributed by atoms with E-state index in [1.807, 2.05) is 48.5 Å². The van der Waals surface area contributed by atoms with Gasteiger partial charge < -0.3 is 15.2 Å². The summed E-state index contributed by atoms with van der Waals surface area (Å²) in [5.74, 6) is 0.340. The molecule has 1 aliphatic heterocycles. The summed E-state index contributed by atoms with van der Waals surface area (Å²) in [5.41, 5.74) is 9.94. The van der Waals surface area contributed by atoms with Crippen LogP contribution in [0.4, 0.5) is 0 Å². The second-order valence-corrected chi connectivity index (χ2v) is 8.15. The molecule has 1 saturated heterocycles. The molecule has 1 amide bonds. The fourth-order valence-electron chi connectivity index (χ4n) is 4.71. The Morgan fingerprint density at radius 1 is 1.17 bits per heavy atom. The summed E-state index contributed by atoms with van der Waals surface area (Å²) in [6.45, 7) is 3.89. The van der Waals surface area contributed by atoms with E-state index in [9.17, 15) is 4.79 Å². The topological polar surface area (TPSA) is 75.1 Å². The van der Waals surface area contributed by atoms with E-state index in [4.69, 9.17) is 11.1 Å². The van der Waals surface area contributed by atoms with Crippen LogP contribution in [0.25, 0.3) is 10.9 Å². The van der Waals surface area contributed by atoms with Crippen LogP contribution in [-0.4, -0.2) is 33.8 Å². The number of nitrogens with one attached hydrogen (secondary N) is 1. The van der Waals surface area contributed by atoms with Gasteiger partial charge in [0.25, 0.3) is 0 Å². The first-order valence-corrected chi connectivity index (χ1v) is 10.9. The average molecular weight is 403 g/mol. The van der Waals surface area contributed by atoms with Crippen LogP contribution in [0, 0.1) is 5.41 Å². The van der Waals surface area contributed by atoms with E-state index in [1.54, 1.807) is 0 Å². The zero-order valence-electron chi connectivity index (χ0n) is 17.6. The summed E-state index contributed by atoms with van der Waals surface area (Å²) in [5, 5.41) is 8.89. The SMILES string of the molecule is CCn1c(CCC2CCCN2C(=O)Cc2ccccc2)cc2ccc(C(=N)N)cc21. The highest BCUT2D eigenvalue weighted by Crippen LogP contribution is 2.26. The van der Waals surface area contributed by atoms with E-state index in [1.165, 1.54) is 11.1 Å². The van der Waals surface area contributed by atoms with Gasteiger partial charge in [-0.3, -0.25) is 10.2 Å². The van der Waals surface area contributed by atoms with Crippen molar-refractivity contribution in [2.24, 2.45) is 5.73 Å². The molecule has 3 N–H and O–H groups in total. The highest BCUT2D eigenvalue weighted by atomic mass is 16.2. The Balaban J connectivity index is 1.47. The number of aromatic nitrogens is 1. The molecule has 0 spiro atoms. The van der Waals surface area contributed by atoms with Crippen molar-refractivity contribution >= 4 is 22.6 Å². The summed E-state index contributed by atoms with van der Waals surface area (Å²) in [6.07, 6.45) is 4.58. The van der Waals surface area contributed by atoms with E-state index in [0.717, 1.165) is 55.4 Å². The Labute approximate surface area is 178 Å². The molecule has 30 heavy (non-hydrogen) atoms. The Morgan fingerprint density at radius 2 is 1.97 bits per heavy atom. The second kappa shape index (κ2) is 8.74. The number of nitrogens with zero attached hydrogens (tertiary/aromatic N) is 2. The van der Waals surface area contributed by atoms with Crippen LogP contribution in [0.15, 0.2) is 54.6 Å². The molecular formula is C25H30N4O. The molecule has 4 rings (SSSR count). The van der Waals surface area contributed by atoms with Gasteiger partial charge in [0, 0.05) is 35.9 Å². The number of amides is 1. The number of aryl methyl sites for hydroxylation is 2. The van der Waals surface area contributed by atoms with Crippen LogP contribution >= 0.6 is 0 Å². The largest absolute Gasteiger partial charge is 0.384 e. The number of benzene rings is 2. The van der Waals surface area contributed by atoms with E-state index in [2.05, 4.69) is 22.5 Å². The molecule has 156 valence electrons. The van der Waals surface area contributed by atoms with E-state index in [0.29, 0.717) is 12.5 Å². The number of likely N-dealkylation sites (tertiary alicyclic amines) is 1. The highest BCUT2D eigenvalue weighted by Gasteiger charge is 2.28. The van der Waals surface area contributed by atoms with Gasteiger partial charge in [-0.1, -0.05) is 42.5 Å². The summed E-state index contributed by atoms with van der Waals surface area (Å²) < 4.78 is 2.31. The first kappa shape index (κ1) is 20.2. The summed E-state index contributed by atoms with van der Waals surface area (Å²) in [4.78, 5) is 15.0. The van der Waals surface area contributed by atoms with E-state index < -0.39 is 0 Å². The van der Waals surface area contributed by atoms with Gasteiger partial charge in [0.15, 0.2) is 0 Å². The summed E-state index contributed by atoms with van der Waals surface area (Å²) in [7, 11) is 0. The van der Waals surface area contributed by atoms with Gasteiger partial charge in [-0.25, -0.2) is 0 Å². The van der Waals surface area contributed by atoms with E-state index in [-0.39, 0.29) is 11.7 Å². The lowest BCUT2D eigenvalue weighted by Gasteiger charge is -2.25. The van der Waals surface area contributed by atoms with Crippen molar-refractivity contribution in [2.45, 2.75) is 51.6 Å². The molecule has 2 heterocycles. The predicted octanol–water partition coefficient (Wildman–Crippen LogP) is 4.11. The molecule has 2 aromatic carbocycles. The molecular weight excluding hydrogens is 372 g/mol. The number of carbonyl (C=O) groups excluding carboxylic acids is 1. The molecule has 0 aliphatic carbocycles. The quantitative estimate of drug-likeness (QED) is 0.461. The fourth-order valence-corrected chi connectivity index (χ4v) is 4.71. The minimum atomic E-state index is 0.0980.